The zero-order valence-corrected chi connectivity index (χ0v) is 14.8. The summed E-state index contributed by atoms with van der Waals surface area (Å²) in [5.74, 6) is -2.28. The highest BCUT2D eigenvalue weighted by atomic mass is 31.2. The maximum atomic E-state index is 12.3. The number of hydrogen-bond acceptors (Lipinski definition) is 11. The van der Waals surface area contributed by atoms with Crippen molar-refractivity contribution in [1.29, 1.82) is 0 Å². The number of rotatable bonds is 6. The van der Waals surface area contributed by atoms with Crippen LogP contribution in [0.25, 0.3) is 11.2 Å². The molecule has 14 heteroatoms. The Labute approximate surface area is 146 Å². The molecule has 0 aliphatic carbocycles. The van der Waals surface area contributed by atoms with E-state index in [2.05, 4.69) is 15.0 Å². The standard InChI is InChI=1S/C12H18N5O8P/c1-22-26(21,23-2)5-25-12(8(19)6(18)3-24-12)17-4-14-7-9(17)15-11(13)16-10(7)20/h4,6,8,18-19H,3,5H2,1-2H3,(H3,13,15,16,20)/t6-,8-,12+/m1/s1. The molecule has 1 aliphatic rings. The van der Waals surface area contributed by atoms with Crippen molar-refractivity contribution in [3.05, 3.63) is 16.7 Å². The monoisotopic (exact) mass is 391 g/mol. The van der Waals surface area contributed by atoms with Crippen LogP contribution < -0.4 is 11.3 Å². The molecule has 13 nitrogen and oxygen atoms in total. The molecule has 2 aromatic rings. The third-order valence-corrected chi connectivity index (χ3v) is 5.50. The lowest BCUT2D eigenvalue weighted by Gasteiger charge is -2.33. The Morgan fingerprint density at radius 1 is 1.50 bits per heavy atom. The molecule has 0 spiro atoms. The molecule has 2 aromatic heterocycles. The zero-order chi connectivity index (χ0) is 19.1. The number of aliphatic hydroxyl groups excluding tert-OH is 2. The Balaban J connectivity index is 2.11. The van der Waals surface area contributed by atoms with Gasteiger partial charge in [-0.3, -0.25) is 18.9 Å². The highest BCUT2D eigenvalue weighted by Gasteiger charge is 2.54. The largest absolute Gasteiger partial charge is 0.388 e. The second-order valence-corrected chi connectivity index (χ2v) is 7.65. The maximum Gasteiger partial charge on any atom is 0.355 e. The van der Waals surface area contributed by atoms with Crippen LogP contribution in [0.15, 0.2) is 11.1 Å². The summed E-state index contributed by atoms with van der Waals surface area (Å²) in [6.45, 7) is -0.302. The first-order valence-electron chi connectivity index (χ1n) is 7.34. The van der Waals surface area contributed by atoms with Crippen LogP contribution in [-0.4, -0.2) is 69.1 Å². The van der Waals surface area contributed by atoms with Crippen molar-refractivity contribution in [3.63, 3.8) is 0 Å². The molecule has 0 aromatic carbocycles. The lowest BCUT2D eigenvalue weighted by atomic mass is 10.2. The summed E-state index contributed by atoms with van der Waals surface area (Å²) < 4.78 is 34.0. The van der Waals surface area contributed by atoms with E-state index in [9.17, 15) is 19.6 Å². The molecule has 0 unspecified atom stereocenters. The SMILES string of the molecule is COP(=O)(CO[C@@]1(n2cnc3c(=O)[nH]c(N)nc32)OC[C@@H](O)[C@H]1O)OC. The van der Waals surface area contributed by atoms with E-state index in [1.54, 1.807) is 0 Å². The Morgan fingerprint density at radius 2 is 2.19 bits per heavy atom. The molecule has 0 radical (unpaired) electrons. The summed E-state index contributed by atoms with van der Waals surface area (Å²) in [6, 6.07) is 0. The van der Waals surface area contributed by atoms with Crippen LogP contribution in [0.4, 0.5) is 5.95 Å². The minimum atomic E-state index is -3.65. The Kier molecular flexibility index (Phi) is 4.88. The van der Waals surface area contributed by atoms with Gasteiger partial charge in [0.05, 0.1) is 6.61 Å². The number of nitrogens with zero attached hydrogens (tertiary/aromatic N) is 3. The molecule has 3 heterocycles. The highest BCUT2D eigenvalue weighted by molar-refractivity contribution is 7.53. The lowest BCUT2D eigenvalue weighted by molar-refractivity contribution is -0.296. The van der Waals surface area contributed by atoms with Crippen molar-refractivity contribution < 1.29 is 33.3 Å². The van der Waals surface area contributed by atoms with Gasteiger partial charge in [-0.25, -0.2) is 4.98 Å². The van der Waals surface area contributed by atoms with E-state index in [0.29, 0.717) is 0 Å². The molecule has 0 saturated carbocycles. The molecule has 1 aliphatic heterocycles. The third kappa shape index (κ3) is 2.93. The normalized spacial score (nSPS) is 26.6. The summed E-state index contributed by atoms with van der Waals surface area (Å²) in [5.41, 5.74) is 4.78. The van der Waals surface area contributed by atoms with E-state index in [0.717, 1.165) is 25.1 Å². The van der Waals surface area contributed by atoms with E-state index in [1.807, 2.05) is 0 Å². The third-order valence-electron chi connectivity index (χ3n) is 3.95. The minimum absolute atomic E-state index is 0.0657. The van der Waals surface area contributed by atoms with E-state index in [4.69, 9.17) is 24.3 Å². The van der Waals surface area contributed by atoms with Gasteiger partial charge in [-0.05, 0) is 0 Å². The summed E-state index contributed by atoms with van der Waals surface area (Å²) in [7, 11) is -1.32. The molecule has 0 amide bonds. The van der Waals surface area contributed by atoms with Crippen LogP contribution in [-0.2, 0) is 29.0 Å². The van der Waals surface area contributed by atoms with Gasteiger partial charge in [0.25, 0.3) is 11.5 Å². The van der Waals surface area contributed by atoms with Gasteiger partial charge in [-0.1, -0.05) is 0 Å². The Bertz CT molecular complexity index is 907. The molecule has 144 valence electrons. The van der Waals surface area contributed by atoms with E-state index in [-0.39, 0.29) is 23.7 Å². The van der Waals surface area contributed by atoms with Gasteiger partial charge in [0, 0.05) is 14.2 Å². The van der Waals surface area contributed by atoms with Crippen molar-refractivity contribution in [2.24, 2.45) is 0 Å². The van der Waals surface area contributed by atoms with Crippen molar-refractivity contribution in [2.75, 3.05) is 32.9 Å². The second-order valence-electron chi connectivity index (χ2n) is 5.44. The number of anilines is 1. The van der Waals surface area contributed by atoms with Gasteiger partial charge in [-0.15, -0.1) is 0 Å². The van der Waals surface area contributed by atoms with Gasteiger partial charge in [0.2, 0.25) is 5.95 Å². The van der Waals surface area contributed by atoms with Crippen LogP contribution in [0.5, 0.6) is 0 Å². The average Bonchev–Trinajstić information content (AvgIpc) is 3.16. The lowest BCUT2D eigenvalue weighted by Crippen LogP contribution is -2.48. The highest BCUT2D eigenvalue weighted by Crippen LogP contribution is 2.49. The molecule has 1 fully saturated rings. The van der Waals surface area contributed by atoms with E-state index < -0.39 is 37.6 Å². The summed E-state index contributed by atoms with van der Waals surface area (Å²) in [4.78, 5) is 22.1. The van der Waals surface area contributed by atoms with Gasteiger partial charge in [0.1, 0.15) is 12.4 Å². The fraction of sp³-hybridized carbons (Fsp3) is 0.583. The molecule has 0 bridgehead atoms. The van der Waals surface area contributed by atoms with Gasteiger partial charge >= 0.3 is 7.60 Å². The quantitative estimate of drug-likeness (QED) is 0.421. The molecular weight excluding hydrogens is 373 g/mol. The van der Waals surface area contributed by atoms with Gasteiger partial charge < -0.3 is 34.5 Å². The van der Waals surface area contributed by atoms with Gasteiger partial charge in [-0.2, -0.15) is 4.98 Å². The number of hydrogen-bond donors (Lipinski definition) is 4. The number of H-pyrrole nitrogens is 1. The number of aromatic nitrogens is 4. The Morgan fingerprint density at radius 3 is 2.77 bits per heavy atom. The summed E-state index contributed by atoms with van der Waals surface area (Å²) in [5, 5.41) is 20.4. The van der Waals surface area contributed by atoms with Crippen LogP contribution >= 0.6 is 7.60 Å². The van der Waals surface area contributed by atoms with Gasteiger partial charge in [0.15, 0.2) is 23.6 Å². The fourth-order valence-electron chi connectivity index (χ4n) is 2.54. The number of aliphatic hydroxyl groups is 2. The predicted octanol–water partition coefficient (Wildman–Crippen LogP) is -1.48. The molecule has 1 saturated heterocycles. The number of ether oxygens (including phenoxy) is 2. The zero-order valence-electron chi connectivity index (χ0n) is 13.9. The number of nitrogens with two attached hydrogens (primary N) is 1. The number of nitrogen functional groups attached to an aromatic ring is 1. The number of nitrogens with one attached hydrogen (secondary N) is 1. The first kappa shape index (κ1) is 18.9. The Hall–Kier alpha value is -1.86. The molecule has 26 heavy (non-hydrogen) atoms. The minimum Gasteiger partial charge on any atom is -0.388 e. The molecule has 3 rings (SSSR count). The number of fused-ring (bicyclic) bond motifs is 1. The average molecular weight is 391 g/mol. The van der Waals surface area contributed by atoms with E-state index in [1.165, 1.54) is 0 Å². The van der Waals surface area contributed by atoms with Crippen LogP contribution in [0.1, 0.15) is 0 Å². The van der Waals surface area contributed by atoms with Crippen molar-refractivity contribution >= 4 is 24.7 Å². The smallest absolute Gasteiger partial charge is 0.355 e. The first-order valence-corrected chi connectivity index (χ1v) is 9.07. The molecular formula is C12H18N5O8P. The summed E-state index contributed by atoms with van der Waals surface area (Å²) >= 11 is 0. The van der Waals surface area contributed by atoms with Crippen molar-refractivity contribution in [3.8, 4) is 0 Å². The number of aromatic amines is 1. The predicted molar refractivity (Wildman–Crippen MR) is 86.1 cm³/mol. The molecule has 5 N–H and O–H groups in total. The molecule has 3 atom stereocenters. The van der Waals surface area contributed by atoms with E-state index >= 15 is 0 Å². The first-order chi connectivity index (χ1) is 12.3. The van der Waals surface area contributed by atoms with Crippen LogP contribution in [0.3, 0.4) is 0 Å². The fourth-order valence-corrected chi connectivity index (χ4v) is 3.24. The van der Waals surface area contributed by atoms with Crippen molar-refractivity contribution in [2.45, 2.75) is 18.1 Å². The summed E-state index contributed by atoms with van der Waals surface area (Å²) in [6.07, 6.45) is -2.44. The second kappa shape index (κ2) is 6.70. The number of imidazole rings is 1. The topological polar surface area (TPSA) is 184 Å². The maximum absolute atomic E-state index is 12.3. The van der Waals surface area contributed by atoms with Crippen LogP contribution in [0, 0.1) is 0 Å². The van der Waals surface area contributed by atoms with Crippen LogP contribution in [0.2, 0.25) is 0 Å². The van der Waals surface area contributed by atoms with Crippen molar-refractivity contribution in [1.82, 2.24) is 19.5 Å².